The largest absolute Gasteiger partial charge is 0.489 e. The molecular weight excluding hydrogens is 488 g/mol. The predicted molar refractivity (Wildman–Crippen MR) is 139 cm³/mol. The van der Waals surface area contributed by atoms with Crippen molar-refractivity contribution in [3.05, 3.63) is 136 Å². The van der Waals surface area contributed by atoms with Gasteiger partial charge in [-0.25, -0.2) is 4.79 Å². The summed E-state index contributed by atoms with van der Waals surface area (Å²) >= 11 is 5.98. The molecule has 0 unspecified atom stereocenters. The molecule has 0 saturated carbocycles. The van der Waals surface area contributed by atoms with Crippen LogP contribution >= 0.6 is 11.6 Å². The number of esters is 1. The molecule has 37 heavy (non-hydrogen) atoms. The Morgan fingerprint density at radius 3 is 2.43 bits per heavy atom. The Morgan fingerprint density at radius 2 is 1.70 bits per heavy atom. The summed E-state index contributed by atoms with van der Waals surface area (Å²) in [7, 11) is 0. The molecule has 1 aliphatic heterocycles. The van der Waals surface area contributed by atoms with Crippen molar-refractivity contribution in [2.45, 2.75) is 12.5 Å². The second-order valence-corrected chi connectivity index (χ2v) is 8.80. The quantitative estimate of drug-likeness (QED) is 0.240. The molecule has 0 amide bonds. The van der Waals surface area contributed by atoms with Crippen molar-refractivity contribution in [2.24, 2.45) is 5.73 Å². The van der Waals surface area contributed by atoms with Crippen LogP contribution in [0.5, 0.6) is 17.2 Å². The topological polar surface area (TPSA) is 94.6 Å². The molecule has 0 aliphatic carbocycles. The SMILES string of the molecule is N#CC1=C(N)Oc2cc(OC(=O)c3cccc(Cl)c3)ccc2[C@@H]1c1ccc(OCc2ccccc2)cc1. The van der Waals surface area contributed by atoms with Crippen molar-refractivity contribution in [1.29, 1.82) is 5.26 Å². The third-order valence-electron chi connectivity index (χ3n) is 5.92. The number of carbonyl (C=O) groups excluding carboxylic acids is 1. The maximum Gasteiger partial charge on any atom is 0.343 e. The molecule has 0 fully saturated rings. The van der Waals surface area contributed by atoms with E-state index >= 15 is 0 Å². The number of halogens is 1. The number of benzene rings is 4. The third kappa shape index (κ3) is 5.27. The Labute approximate surface area is 219 Å². The lowest BCUT2D eigenvalue weighted by Gasteiger charge is -2.26. The maximum atomic E-state index is 12.5. The molecule has 0 aromatic heterocycles. The molecule has 6 nitrogen and oxygen atoms in total. The first-order chi connectivity index (χ1) is 18.0. The minimum Gasteiger partial charge on any atom is -0.489 e. The highest BCUT2D eigenvalue weighted by Crippen LogP contribution is 2.43. The Kier molecular flexibility index (Phi) is 6.80. The lowest BCUT2D eigenvalue weighted by Crippen LogP contribution is -2.21. The van der Waals surface area contributed by atoms with Gasteiger partial charge in [0.2, 0.25) is 5.88 Å². The summed E-state index contributed by atoms with van der Waals surface area (Å²) in [5, 5.41) is 10.3. The van der Waals surface area contributed by atoms with Gasteiger partial charge in [-0.2, -0.15) is 5.26 Å². The molecule has 0 saturated heterocycles. The number of carbonyl (C=O) groups is 1. The normalized spacial score (nSPS) is 14.2. The van der Waals surface area contributed by atoms with Crippen LogP contribution in [-0.2, 0) is 6.61 Å². The van der Waals surface area contributed by atoms with Crippen molar-refractivity contribution in [3.8, 4) is 23.3 Å². The molecule has 1 aliphatic rings. The van der Waals surface area contributed by atoms with E-state index in [1.54, 1.807) is 36.4 Å². The number of rotatable bonds is 6. The van der Waals surface area contributed by atoms with E-state index in [0.717, 1.165) is 16.7 Å². The van der Waals surface area contributed by atoms with E-state index in [4.69, 9.17) is 31.5 Å². The molecule has 1 heterocycles. The third-order valence-corrected chi connectivity index (χ3v) is 6.16. The van der Waals surface area contributed by atoms with Crippen molar-refractivity contribution >= 4 is 17.6 Å². The van der Waals surface area contributed by atoms with Crippen LogP contribution in [0.2, 0.25) is 5.02 Å². The molecule has 2 N–H and O–H groups in total. The fraction of sp³-hybridized carbons (Fsp3) is 0.0667. The first kappa shape index (κ1) is 24.0. The monoisotopic (exact) mass is 508 g/mol. The van der Waals surface area contributed by atoms with Gasteiger partial charge in [-0.1, -0.05) is 66.2 Å². The average molecular weight is 509 g/mol. The van der Waals surface area contributed by atoms with Crippen molar-refractivity contribution in [3.63, 3.8) is 0 Å². The highest BCUT2D eigenvalue weighted by molar-refractivity contribution is 6.30. The Bertz CT molecular complexity index is 1530. The van der Waals surface area contributed by atoms with Crippen LogP contribution < -0.4 is 19.9 Å². The molecule has 0 bridgehead atoms. The zero-order chi connectivity index (χ0) is 25.8. The zero-order valence-electron chi connectivity index (χ0n) is 19.6. The smallest absolute Gasteiger partial charge is 0.343 e. The fourth-order valence-corrected chi connectivity index (χ4v) is 4.31. The number of nitrogens with zero attached hydrogens (tertiary/aromatic N) is 1. The summed E-state index contributed by atoms with van der Waals surface area (Å²) in [5.74, 6) is 0.390. The first-order valence-electron chi connectivity index (χ1n) is 11.5. The number of nitrogens with two attached hydrogens (primary N) is 1. The average Bonchev–Trinajstić information content (AvgIpc) is 2.92. The van der Waals surface area contributed by atoms with Gasteiger partial charge in [0, 0.05) is 16.7 Å². The van der Waals surface area contributed by atoms with E-state index < -0.39 is 11.9 Å². The zero-order valence-corrected chi connectivity index (χ0v) is 20.3. The predicted octanol–water partition coefficient (Wildman–Crippen LogP) is 6.36. The van der Waals surface area contributed by atoms with Crippen LogP contribution in [-0.4, -0.2) is 5.97 Å². The van der Waals surface area contributed by atoms with Crippen LogP contribution in [0, 0.1) is 11.3 Å². The molecule has 0 spiro atoms. The van der Waals surface area contributed by atoms with Gasteiger partial charge >= 0.3 is 5.97 Å². The molecule has 4 aromatic rings. The summed E-state index contributed by atoms with van der Waals surface area (Å²) in [6.07, 6.45) is 0. The van der Waals surface area contributed by atoms with Crippen LogP contribution in [0.3, 0.4) is 0 Å². The Balaban J connectivity index is 1.39. The number of nitriles is 1. The molecule has 182 valence electrons. The maximum absolute atomic E-state index is 12.5. The second kappa shape index (κ2) is 10.5. The molecule has 4 aromatic carbocycles. The number of allylic oxidation sites excluding steroid dienone is 1. The summed E-state index contributed by atoms with van der Waals surface area (Å²) in [6.45, 7) is 0.452. The molecule has 5 rings (SSSR count). The van der Waals surface area contributed by atoms with E-state index in [0.29, 0.717) is 34.3 Å². The lowest BCUT2D eigenvalue weighted by atomic mass is 9.83. The van der Waals surface area contributed by atoms with Crippen LogP contribution in [0.1, 0.15) is 33.0 Å². The number of ether oxygens (including phenoxy) is 3. The van der Waals surface area contributed by atoms with Gasteiger partial charge in [0.25, 0.3) is 0 Å². The standard InChI is InChI=1S/C30H21ClN2O4/c31-22-8-4-7-21(15-22)30(34)36-24-13-14-25-27(16-24)37-29(33)26(17-32)28(25)20-9-11-23(12-10-20)35-18-19-5-2-1-3-6-19/h1-16,28H,18,33H2/t28-/m0/s1. The highest BCUT2D eigenvalue weighted by Gasteiger charge is 2.31. The van der Waals surface area contributed by atoms with E-state index in [-0.39, 0.29) is 11.6 Å². The number of fused-ring (bicyclic) bond motifs is 1. The van der Waals surface area contributed by atoms with Crippen molar-refractivity contribution < 1.29 is 19.0 Å². The van der Waals surface area contributed by atoms with Gasteiger partial charge in [-0.05, 0) is 47.5 Å². The summed E-state index contributed by atoms with van der Waals surface area (Å²) in [4.78, 5) is 12.5. The van der Waals surface area contributed by atoms with Crippen LogP contribution in [0.4, 0.5) is 0 Å². The minimum atomic E-state index is -0.554. The van der Waals surface area contributed by atoms with E-state index in [1.807, 2.05) is 54.6 Å². The summed E-state index contributed by atoms with van der Waals surface area (Å²) in [6, 6.07) is 31.1. The Morgan fingerprint density at radius 1 is 0.946 bits per heavy atom. The lowest BCUT2D eigenvalue weighted by molar-refractivity contribution is 0.0734. The van der Waals surface area contributed by atoms with Gasteiger partial charge < -0.3 is 19.9 Å². The van der Waals surface area contributed by atoms with Gasteiger partial charge in [0.05, 0.1) is 11.5 Å². The van der Waals surface area contributed by atoms with E-state index in [2.05, 4.69) is 6.07 Å². The fourth-order valence-electron chi connectivity index (χ4n) is 4.12. The molecular formula is C30H21ClN2O4. The van der Waals surface area contributed by atoms with E-state index in [1.165, 1.54) is 6.07 Å². The van der Waals surface area contributed by atoms with Crippen molar-refractivity contribution in [1.82, 2.24) is 0 Å². The minimum absolute atomic E-state index is 0.00252. The second-order valence-electron chi connectivity index (χ2n) is 8.37. The van der Waals surface area contributed by atoms with Crippen molar-refractivity contribution in [2.75, 3.05) is 0 Å². The Hall–Kier alpha value is -4.73. The van der Waals surface area contributed by atoms with Gasteiger partial charge in [-0.15, -0.1) is 0 Å². The van der Waals surface area contributed by atoms with Gasteiger partial charge in [-0.3, -0.25) is 0 Å². The molecule has 1 atom stereocenters. The van der Waals surface area contributed by atoms with Crippen LogP contribution in [0.25, 0.3) is 0 Å². The van der Waals surface area contributed by atoms with Gasteiger partial charge in [0.1, 0.15) is 35.5 Å². The van der Waals surface area contributed by atoms with E-state index in [9.17, 15) is 10.1 Å². The highest BCUT2D eigenvalue weighted by atomic mass is 35.5. The summed E-state index contributed by atoms with van der Waals surface area (Å²) in [5.41, 5.74) is 9.39. The van der Waals surface area contributed by atoms with Gasteiger partial charge in [0.15, 0.2) is 0 Å². The first-order valence-corrected chi connectivity index (χ1v) is 11.9. The number of hydrogen-bond donors (Lipinski definition) is 1. The van der Waals surface area contributed by atoms with Crippen LogP contribution in [0.15, 0.2) is 109 Å². The molecule has 0 radical (unpaired) electrons. The number of hydrogen-bond acceptors (Lipinski definition) is 6. The molecule has 7 heteroatoms. The summed E-state index contributed by atoms with van der Waals surface area (Å²) < 4.78 is 17.1.